The first-order valence-electron chi connectivity index (χ1n) is 4.01. The topological polar surface area (TPSA) is 67.5 Å². The third-order valence-electron chi connectivity index (χ3n) is 1.95. The van der Waals surface area contributed by atoms with Crippen LogP contribution in [-0.2, 0) is 11.2 Å². The zero-order valence-corrected chi connectivity index (χ0v) is 8.17. The van der Waals surface area contributed by atoms with Crippen molar-refractivity contribution in [2.45, 2.75) is 0 Å². The Hall–Kier alpha value is -1.62. The summed E-state index contributed by atoms with van der Waals surface area (Å²) in [6, 6.07) is 5.53. The Labute approximate surface area is 84.3 Å². The van der Waals surface area contributed by atoms with Gasteiger partial charge in [-0.2, -0.15) is 4.40 Å². The van der Waals surface area contributed by atoms with E-state index >= 15 is 0 Å². The van der Waals surface area contributed by atoms with Gasteiger partial charge in [0.15, 0.2) is 0 Å². The maximum atomic E-state index is 11.1. The van der Waals surface area contributed by atoms with Crippen LogP contribution in [0.25, 0.3) is 6.08 Å². The Bertz CT molecular complexity index is 453. The molecule has 0 radical (unpaired) electrons. The fourth-order valence-corrected chi connectivity index (χ4v) is 2.04. The molecule has 0 saturated heterocycles. The summed E-state index contributed by atoms with van der Waals surface area (Å²) in [5.74, 6) is 0.285. The first-order valence-corrected chi connectivity index (χ1v) is 5.11. The quantitative estimate of drug-likeness (QED) is 0.722. The minimum absolute atomic E-state index is 0.285. The molecule has 1 aliphatic rings. The lowest BCUT2D eigenvalue weighted by atomic mass is 10.0. The van der Waals surface area contributed by atoms with Crippen LogP contribution in [0.15, 0.2) is 29.2 Å². The van der Waals surface area contributed by atoms with Crippen LogP contribution in [0, 0.1) is 0 Å². The van der Waals surface area contributed by atoms with Crippen molar-refractivity contribution in [1.29, 1.82) is 0 Å². The predicted octanol–water partition coefficient (Wildman–Crippen LogP) is 1.04. The van der Waals surface area contributed by atoms with Gasteiger partial charge < -0.3 is 5.73 Å². The molecule has 0 saturated carbocycles. The molecule has 1 aliphatic heterocycles. The molecule has 0 fully saturated rings. The van der Waals surface area contributed by atoms with Crippen molar-refractivity contribution in [3.63, 3.8) is 0 Å². The fourth-order valence-electron chi connectivity index (χ4n) is 1.36. The van der Waals surface area contributed by atoms with Gasteiger partial charge >= 0.3 is 0 Å². The third-order valence-corrected chi connectivity index (χ3v) is 2.71. The average Bonchev–Trinajstić information content (AvgIpc) is 2.16. The molecule has 0 spiro atoms. The van der Waals surface area contributed by atoms with Crippen LogP contribution in [-0.4, -0.2) is 10.0 Å². The minimum atomic E-state index is -1.46. The van der Waals surface area contributed by atoms with Gasteiger partial charge in [-0.1, -0.05) is 24.8 Å². The van der Waals surface area contributed by atoms with Crippen molar-refractivity contribution in [3.05, 3.63) is 35.9 Å². The summed E-state index contributed by atoms with van der Waals surface area (Å²) in [6.45, 7) is 3.68. The van der Waals surface area contributed by atoms with Gasteiger partial charge in [0.1, 0.15) is 5.84 Å². The van der Waals surface area contributed by atoms with Gasteiger partial charge in [-0.3, -0.25) is 4.72 Å². The second-order valence-electron chi connectivity index (χ2n) is 2.80. The molecular formula is C9H9N3OS. The number of amidine groups is 1. The Morgan fingerprint density at radius 1 is 1.57 bits per heavy atom. The molecule has 0 aliphatic carbocycles. The van der Waals surface area contributed by atoms with Crippen molar-refractivity contribution >= 4 is 28.8 Å². The van der Waals surface area contributed by atoms with E-state index in [2.05, 4.69) is 15.7 Å². The van der Waals surface area contributed by atoms with E-state index in [0.717, 1.165) is 16.8 Å². The SMILES string of the molecule is C=Cc1cccc2c1C(N)=NS(=O)N2. The van der Waals surface area contributed by atoms with Crippen molar-refractivity contribution in [3.8, 4) is 0 Å². The summed E-state index contributed by atoms with van der Waals surface area (Å²) in [5, 5.41) is 0. The average molecular weight is 207 g/mol. The molecule has 1 aromatic rings. The normalized spacial score (nSPS) is 19.1. The first-order chi connectivity index (χ1) is 6.72. The van der Waals surface area contributed by atoms with Crippen molar-refractivity contribution in [1.82, 2.24) is 0 Å². The summed E-state index contributed by atoms with van der Waals surface area (Å²) < 4.78 is 17.6. The van der Waals surface area contributed by atoms with Crippen LogP contribution >= 0.6 is 0 Å². The molecule has 2 rings (SSSR count). The number of benzene rings is 1. The lowest BCUT2D eigenvalue weighted by Gasteiger charge is -2.16. The second-order valence-corrected chi connectivity index (χ2v) is 3.69. The maximum absolute atomic E-state index is 11.1. The number of nitrogens with one attached hydrogen (secondary N) is 1. The Morgan fingerprint density at radius 3 is 3.07 bits per heavy atom. The third kappa shape index (κ3) is 1.31. The van der Waals surface area contributed by atoms with Gasteiger partial charge in [0, 0.05) is 5.56 Å². The van der Waals surface area contributed by atoms with Crippen LogP contribution in [0.1, 0.15) is 11.1 Å². The minimum Gasteiger partial charge on any atom is -0.382 e. The van der Waals surface area contributed by atoms with Crippen molar-refractivity contribution in [2.75, 3.05) is 4.72 Å². The van der Waals surface area contributed by atoms with E-state index in [4.69, 9.17) is 5.73 Å². The molecular weight excluding hydrogens is 198 g/mol. The number of rotatable bonds is 1. The summed E-state index contributed by atoms with van der Waals surface area (Å²) in [4.78, 5) is 0. The summed E-state index contributed by atoms with van der Waals surface area (Å²) >= 11 is -1.46. The number of fused-ring (bicyclic) bond motifs is 1. The van der Waals surface area contributed by atoms with Crippen molar-refractivity contribution < 1.29 is 4.21 Å². The van der Waals surface area contributed by atoms with E-state index < -0.39 is 11.2 Å². The van der Waals surface area contributed by atoms with Gasteiger partial charge in [0.05, 0.1) is 5.69 Å². The number of anilines is 1. The van der Waals surface area contributed by atoms with Gasteiger partial charge in [-0.15, -0.1) is 0 Å². The molecule has 5 heteroatoms. The molecule has 0 bridgehead atoms. The van der Waals surface area contributed by atoms with Gasteiger partial charge in [0.25, 0.3) is 0 Å². The number of nitrogens with zero attached hydrogens (tertiary/aromatic N) is 1. The Morgan fingerprint density at radius 2 is 2.36 bits per heavy atom. The van der Waals surface area contributed by atoms with Crippen molar-refractivity contribution in [2.24, 2.45) is 10.1 Å². The molecule has 1 aromatic carbocycles. The highest BCUT2D eigenvalue weighted by Gasteiger charge is 2.17. The molecule has 1 unspecified atom stereocenters. The van der Waals surface area contributed by atoms with Crippen LogP contribution in [0.2, 0.25) is 0 Å². The van der Waals surface area contributed by atoms with Crippen LogP contribution < -0.4 is 10.5 Å². The number of hydrogen-bond donors (Lipinski definition) is 2. The maximum Gasteiger partial charge on any atom is 0.244 e. The van der Waals surface area contributed by atoms with E-state index in [-0.39, 0.29) is 5.84 Å². The Kier molecular flexibility index (Phi) is 2.09. The zero-order valence-electron chi connectivity index (χ0n) is 7.36. The van der Waals surface area contributed by atoms with Gasteiger partial charge in [0.2, 0.25) is 11.2 Å². The molecule has 1 atom stereocenters. The lowest BCUT2D eigenvalue weighted by Crippen LogP contribution is -2.24. The first kappa shape index (κ1) is 8.96. The highest BCUT2D eigenvalue weighted by atomic mass is 32.2. The summed E-state index contributed by atoms with van der Waals surface area (Å²) in [6.07, 6.45) is 1.69. The molecule has 14 heavy (non-hydrogen) atoms. The zero-order chi connectivity index (χ0) is 10.1. The number of hydrogen-bond acceptors (Lipinski definition) is 2. The van der Waals surface area contributed by atoms with Gasteiger partial charge in [-0.25, -0.2) is 4.21 Å². The van der Waals surface area contributed by atoms with Crippen LogP contribution in [0.3, 0.4) is 0 Å². The van der Waals surface area contributed by atoms with Crippen LogP contribution in [0.4, 0.5) is 5.69 Å². The number of nitrogens with two attached hydrogens (primary N) is 1. The smallest absolute Gasteiger partial charge is 0.244 e. The predicted molar refractivity (Wildman–Crippen MR) is 59.0 cm³/mol. The van der Waals surface area contributed by atoms with E-state index in [1.54, 1.807) is 6.08 Å². The lowest BCUT2D eigenvalue weighted by molar-refractivity contribution is 0.687. The Balaban J connectivity index is 2.69. The molecule has 0 aromatic heterocycles. The van der Waals surface area contributed by atoms with E-state index in [0.29, 0.717) is 0 Å². The highest BCUT2D eigenvalue weighted by molar-refractivity contribution is 7.85. The van der Waals surface area contributed by atoms with E-state index in [1.807, 2.05) is 18.2 Å². The van der Waals surface area contributed by atoms with E-state index in [1.165, 1.54) is 0 Å². The standard InChI is InChI=1S/C9H9N3OS/c1-2-6-4-3-5-7-8(6)9(10)12-14(13)11-7/h2-5,11H,1H2,(H2,10,12). The summed E-state index contributed by atoms with van der Waals surface area (Å²) in [7, 11) is 0. The molecule has 0 amide bonds. The van der Waals surface area contributed by atoms with Gasteiger partial charge in [-0.05, 0) is 11.6 Å². The summed E-state index contributed by atoms with van der Waals surface area (Å²) in [5.41, 5.74) is 8.06. The largest absolute Gasteiger partial charge is 0.382 e. The van der Waals surface area contributed by atoms with E-state index in [9.17, 15) is 4.21 Å². The highest BCUT2D eigenvalue weighted by Crippen LogP contribution is 2.24. The fraction of sp³-hybridized carbons (Fsp3) is 0. The monoisotopic (exact) mass is 207 g/mol. The van der Waals surface area contributed by atoms with Crippen LogP contribution in [0.5, 0.6) is 0 Å². The molecule has 1 heterocycles. The molecule has 72 valence electrons. The second kappa shape index (κ2) is 3.26. The molecule has 3 N–H and O–H groups in total. The molecule has 4 nitrogen and oxygen atoms in total.